The summed E-state index contributed by atoms with van der Waals surface area (Å²) in [7, 11) is -3.70. The van der Waals surface area contributed by atoms with Gasteiger partial charge in [0, 0.05) is 5.39 Å². The fraction of sp³-hybridized carbons (Fsp3) is 0. The van der Waals surface area contributed by atoms with Crippen molar-refractivity contribution >= 4 is 79.1 Å². The van der Waals surface area contributed by atoms with E-state index in [0.717, 1.165) is 16.2 Å². The third-order valence-corrected chi connectivity index (χ3v) is 2.98. The first-order chi connectivity index (χ1) is 7.62. The fourth-order valence-electron chi connectivity index (χ4n) is 1.43. The van der Waals surface area contributed by atoms with Crippen LogP contribution >= 0.6 is 0 Å². The minimum absolute atomic E-state index is 0. The Hall–Kier alpha value is -0.00481. The molecule has 5 heteroatoms. The van der Waals surface area contributed by atoms with Gasteiger partial charge in [0.25, 0.3) is 0 Å². The summed E-state index contributed by atoms with van der Waals surface area (Å²) in [5.41, 5.74) is 0. The summed E-state index contributed by atoms with van der Waals surface area (Å²) in [6.45, 7) is 3.20. The Morgan fingerprint density at radius 1 is 1.06 bits per heavy atom. The van der Waals surface area contributed by atoms with Crippen LogP contribution in [0, 0.1) is 0 Å². The second-order valence-corrected chi connectivity index (χ2v) is 4.71. The second kappa shape index (κ2) is 6.25. The van der Waals surface area contributed by atoms with Crippen molar-refractivity contribution in [3.05, 3.63) is 54.5 Å². The van der Waals surface area contributed by atoms with Crippen LogP contribution in [0.15, 0.2) is 54.5 Å². The summed E-state index contributed by atoms with van der Waals surface area (Å²) < 4.78 is 27.5. The van der Waals surface area contributed by atoms with Crippen molar-refractivity contribution < 1.29 is 12.6 Å². The normalized spacial score (nSPS) is 10.6. The molecule has 2 aromatic rings. The molecule has 0 aliphatic rings. The summed E-state index contributed by atoms with van der Waals surface area (Å²) in [5, 5.41) is 2.48. The zero-order valence-corrected chi connectivity index (χ0v) is 9.28. The van der Waals surface area contributed by atoms with Crippen molar-refractivity contribution in [3.63, 3.8) is 0 Å². The van der Waals surface area contributed by atoms with E-state index >= 15 is 0 Å². The molecule has 0 N–H and O–H groups in total. The van der Waals surface area contributed by atoms with Crippen LogP contribution < -0.4 is 4.18 Å². The van der Waals surface area contributed by atoms with Gasteiger partial charge >= 0.3 is 68.3 Å². The van der Waals surface area contributed by atoms with Gasteiger partial charge in [-0.25, -0.2) is 0 Å². The molecule has 0 saturated heterocycles. The molecule has 0 bridgehead atoms. The zero-order valence-electron chi connectivity index (χ0n) is 8.46. The standard InChI is InChI=1S/C12H10O3S.Rb.H/c1-2-16(13,14)15-12-9-5-7-10-6-3-4-8-11(10)12;;/h2-9H,1H2;;. The molecule has 17 heavy (non-hydrogen) atoms. The van der Waals surface area contributed by atoms with Gasteiger partial charge in [-0.05, 0) is 11.5 Å². The Labute approximate surface area is 149 Å². The molecular weight excluding hydrogens is 310 g/mol. The van der Waals surface area contributed by atoms with Crippen LogP contribution in [0.2, 0.25) is 0 Å². The van der Waals surface area contributed by atoms with E-state index in [9.17, 15) is 8.42 Å². The average Bonchev–Trinajstić information content (AvgIpc) is 2.29. The van der Waals surface area contributed by atoms with Gasteiger partial charge in [0.05, 0.1) is 5.41 Å². The number of fused-ring (bicyclic) bond motifs is 1. The van der Waals surface area contributed by atoms with Gasteiger partial charge in [0.15, 0.2) is 5.75 Å². The van der Waals surface area contributed by atoms with E-state index in [0.29, 0.717) is 5.75 Å². The molecule has 3 nitrogen and oxygen atoms in total. The van der Waals surface area contributed by atoms with Crippen LogP contribution in [0.25, 0.3) is 10.8 Å². The predicted molar refractivity (Wildman–Crippen MR) is 70.8 cm³/mol. The summed E-state index contributed by atoms with van der Waals surface area (Å²) in [6, 6.07) is 12.7. The quantitative estimate of drug-likeness (QED) is 0.813. The Balaban J connectivity index is 0.00000144. The van der Waals surface area contributed by atoms with Crippen LogP contribution in [0.1, 0.15) is 0 Å². The first-order valence-corrected chi connectivity index (χ1v) is 6.14. The first kappa shape index (κ1) is 15.1. The van der Waals surface area contributed by atoms with Gasteiger partial charge in [0.2, 0.25) is 0 Å². The number of hydrogen-bond acceptors (Lipinski definition) is 3. The molecule has 0 radical (unpaired) electrons. The third-order valence-electron chi connectivity index (χ3n) is 2.16. The molecule has 2 rings (SSSR count). The molecule has 0 aliphatic heterocycles. The monoisotopic (exact) mass is 320 g/mol. The summed E-state index contributed by atoms with van der Waals surface area (Å²) in [4.78, 5) is 0. The summed E-state index contributed by atoms with van der Waals surface area (Å²) in [6.07, 6.45) is 0. The van der Waals surface area contributed by atoms with Crippen LogP contribution in [0.3, 0.4) is 0 Å². The van der Waals surface area contributed by atoms with E-state index in [2.05, 4.69) is 6.58 Å². The van der Waals surface area contributed by atoms with Crippen LogP contribution in [-0.4, -0.2) is 66.6 Å². The number of hydrogen-bond donors (Lipinski definition) is 0. The third kappa shape index (κ3) is 3.73. The molecule has 84 valence electrons. The van der Waals surface area contributed by atoms with Crippen molar-refractivity contribution in [2.24, 2.45) is 0 Å². The van der Waals surface area contributed by atoms with Crippen molar-refractivity contribution in [3.8, 4) is 5.75 Å². The fourth-order valence-corrected chi connectivity index (χ4v) is 1.89. The molecule has 0 aliphatic carbocycles. The van der Waals surface area contributed by atoms with Crippen molar-refractivity contribution in [2.75, 3.05) is 0 Å². The Kier molecular flexibility index (Phi) is 5.53. The van der Waals surface area contributed by atoms with Crippen molar-refractivity contribution in [1.29, 1.82) is 0 Å². The maximum absolute atomic E-state index is 11.3. The SMILES string of the molecule is C=CS(=O)(=O)Oc1cccc2ccccc12.[RbH]. The minimum atomic E-state index is -3.70. The molecule has 0 unspecified atom stereocenters. The molecule has 0 aromatic heterocycles. The predicted octanol–water partition coefficient (Wildman–Crippen LogP) is 2.04. The van der Waals surface area contributed by atoms with Gasteiger partial charge in [-0.2, -0.15) is 8.42 Å². The Morgan fingerprint density at radius 3 is 2.41 bits per heavy atom. The van der Waals surface area contributed by atoms with E-state index in [-0.39, 0.29) is 58.2 Å². The van der Waals surface area contributed by atoms with E-state index in [1.165, 1.54) is 0 Å². The Morgan fingerprint density at radius 2 is 1.71 bits per heavy atom. The number of benzene rings is 2. The van der Waals surface area contributed by atoms with Gasteiger partial charge in [-0.15, -0.1) is 0 Å². The van der Waals surface area contributed by atoms with E-state index in [1.807, 2.05) is 30.3 Å². The molecule has 0 saturated carbocycles. The molecule has 2 aromatic carbocycles. The van der Waals surface area contributed by atoms with Gasteiger partial charge in [-0.1, -0.05) is 43.0 Å². The van der Waals surface area contributed by atoms with E-state index < -0.39 is 10.1 Å². The van der Waals surface area contributed by atoms with Crippen LogP contribution in [0.4, 0.5) is 0 Å². The zero-order chi connectivity index (χ0) is 11.6. The Bertz CT molecular complexity index is 630. The van der Waals surface area contributed by atoms with Gasteiger partial charge in [-0.3, -0.25) is 0 Å². The average molecular weight is 321 g/mol. The number of rotatable bonds is 3. The molecule has 0 heterocycles. The molecule has 0 amide bonds. The topological polar surface area (TPSA) is 43.4 Å². The summed E-state index contributed by atoms with van der Waals surface area (Å²) in [5.74, 6) is 0.318. The molecule has 0 fully saturated rings. The summed E-state index contributed by atoms with van der Waals surface area (Å²) >= 11 is 0. The second-order valence-electron chi connectivity index (χ2n) is 3.22. The van der Waals surface area contributed by atoms with Crippen LogP contribution in [-0.2, 0) is 10.1 Å². The van der Waals surface area contributed by atoms with Gasteiger partial charge in [0.1, 0.15) is 0 Å². The molecule has 0 atom stereocenters. The maximum atomic E-state index is 11.3. The van der Waals surface area contributed by atoms with Crippen molar-refractivity contribution in [1.82, 2.24) is 0 Å². The van der Waals surface area contributed by atoms with Crippen molar-refractivity contribution in [2.45, 2.75) is 0 Å². The first-order valence-electron chi connectivity index (χ1n) is 4.67. The van der Waals surface area contributed by atoms with E-state index in [1.54, 1.807) is 12.1 Å². The van der Waals surface area contributed by atoms with E-state index in [4.69, 9.17) is 4.18 Å². The molecule has 0 spiro atoms. The molecular formula is C12H11O3RbS. The van der Waals surface area contributed by atoms with Crippen LogP contribution in [0.5, 0.6) is 5.75 Å². The van der Waals surface area contributed by atoms with Gasteiger partial charge < -0.3 is 4.18 Å².